The Morgan fingerprint density at radius 2 is 1.78 bits per heavy atom. The van der Waals surface area contributed by atoms with Crippen molar-refractivity contribution in [1.29, 1.82) is 0 Å². The van der Waals surface area contributed by atoms with Crippen molar-refractivity contribution in [1.82, 2.24) is 20.2 Å². The molecule has 2 aromatic carbocycles. The first kappa shape index (κ1) is 25.9. The molecule has 0 aliphatic rings. The Morgan fingerprint density at radius 3 is 2.50 bits per heavy atom. The molecule has 0 fully saturated rings. The third kappa shape index (κ3) is 8.63. The number of aryl methyl sites for hydroxylation is 2. The van der Waals surface area contributed by atoms with Crippen molar-refractivity contribution >= 4 is 29.9 Å². The van der Waals surface area contributed by atoms with Crippen LogP contribution in [0.4, 0.5) is 0 Å². The summed E-state index contributed by atoms with van der Waals surface area (Å²) in [6.45, 7) is 4.88. The molecule has 0 saturated carbocycles. The first-order valence-corrected chi connectivity index (χ1v) is 11.1. The largest absolute Gasteiger partial charge is 0.388 e. The van der Waals surface area contributed by atoms with Crippen LogP contribution in [0, 0.1) is 0 Å². The van der Waals surface area contributed by atoms with Crippen molar-refractivity contribution in [3.8, 4) is 0 Å². The van der Waals surface area contributed by atoms with Crippen LogP contribution in [-0.4, -0.2) is 33.7 Å². The van der Waals surface area contributed by atoms with Crippen LogP contribution in [0.25, 0.3) is 0 Å². The smallest absolute Gasteiger partial charge is 0.191 e. The molecule has 0 aliphatic carbocycles. The molecule has 3 N–H and O–H groups in total. The first-order valence-electron chi connectivity index (χ1n) is 11.1. The third-order valence-corrected chi connectivity index (χ3v) is 5.13. The summed E-state index contributed by atoms with van der Waals surface area (Å²) in [5, 5.41) is 16.9. The number of aliphatic hydroxyl groups excluding tert-OH is 1. The zero-order valence-corrected chi connectivity index (χ0v) is 21.0. The van der Waals surface area contributed by atoms with Gasteiger partial charge < -0.3 is 20.3 Å². The van der Waals surface area contributed by atoms with Gasteiger partial charge in [-0.3, -0.25) is 0 Å². The molecule has 0 radical (unpaired) electrons. The SMILES string of the molecule is CCNC(=NCc1nccn1CCCc1ccccc1)NCCC(O)c1ccccc1.I. The number of hydrogen-bond acceptors (Lipinski definition) is 3. The summed E-state index contributed by atoms with van der Waals surface area (Å²) in [7, 11) is 0. The van der Waals surface area contributed by atoms with Gasteiger partial charge in [0.1, 0.15) is 12.4 Å². The summed E-state index contributed by atoms with van der Waals surface area (Å²) < 4.78 is 2.18. The second kappa shape index (κ2) is 14.6. The minimum Gasteiger partial charge on any atom is -0.388 e. The number of aromatic nitrogens is 2. The minimum atomic E-state index is -0.486. The van der Waals surface area contributed by atoms with Crippen molar-refractivity contribution in [3.05, 3.63) is 90.0 Å². The van der Waals surface area contributed by atoms with Gasteiger partial charge in [-0.25, -0.2) is 9.98 Å². The summed E-state index contributed by atoms with van der Waals surface area (Å²) in [6.07, 6.45) is 6.10. The van der Waals surface area contributed by atoms with Crippen molar-refractivity contribution in [2.75, 3.05) is 13.1 Å². The molecule has 7 heteroatoms. The van der Waals surface area contributed by atoms with Crippen LogP contribution in [0.1, 0.15) is 42.8 Å². The Kier molecular flexibility index (Phi) is 11.8. The van der Waals surface area contributed by atoms with E-state index in [1.54, 1.807) is 0 Å². The molecule has 0 aliphatic heterocycles. The molecule has 1 aromatic heterocycles. The van der Waals surface area contributed by atoms with Crippen molar-refractivity contribution in [2.45, 2.75) is 45.4 Å². The maximum Gasteiger partial charge on any atom is 0.191 e. The molecule has 0 spiro atoms. The molecule has 0 bridgehead atoms. The van der Waals surface area contributed by atoms with Gasteiger partial charge in [-0.2, -0.15) is 0 Å². The van der Waals surface area contributed by atoms with E-state index in [4.69, 9.17) is 0 Å². The average molecular weight is 547 g/mol. The highest BCUT2D eigenvalue weighted by atomic mass is 127. The Morgan fingerprint density at radius 1 is 1.06 bits per heavy atom. The lowest BCUT2D eigenvalue weighted by Gasteiger charge is -2.14. The number of nitrogens with zero attached hydrogens (tertiary/aromatic N) is 3. The molecule has 0 amide bonds. The summed E-state index contributed by atoms with van der Waals surface area (Å²) in [6, 6.07) is 20.3. The lowest BCUT2D eigenvalue weighted by Crippen LogP contribution is -2.38. The number of benzene rings is 2. The van der Waals surface area contributed by atoms with Gasteiger partial charge in [-0.1, -0.05) is 60.7 Å². The number of rotatable bonds is 11. The highest BCUT2D eigenvalue weighted by molar-refractivity contribution is 14.0. The van der Waals surface area contributed by atoms with Gasteiger partial charge in [0.15, 0.2) is 5.96 Å². The van der Waals surface area contributed by atoms with E-state index in [-0.39, 0.29) is 24.0 Å². The molecular formula is C25H34IN5O. The topological polar surface area (TPSA) is 74.5 Å². The minimum absolute atomic E-state index is 0. The van der Waals surface area contributed by atoms with E-state index >= 15 is 0 Å². The summed E-state index contributed by atoms with van der Waals surface area (Å²) in [4.78, 5) is 9.16. The zero-order valence-electron chi connectivity index (χ0n) is 18.7. The van der Waals surface area contributed by atoms with Crippen LogP contribution in [0.5, 0.6) is 0 Å². The summed E-state index contributed by atoms with van der Waals surface area (Å²) >= 11 is 0. The highest BCUT2D eigenvalue weighted by Crippen LogP contribution is 2.14. The van der Waals surface area contributed by atoms with Crippen LogP contribution >= 0.6 is 24.0 Å². The predicted molar refractivity (Wildman–Crippen MR) is 141 cm³/mol. The van der Waals surface area contributed by atoms with E-state index in [9.17, 15) is 5.11 Å². The second-order valence-corrected chi connectivity index (χ2v) is 7.46. The Bertz CT molecular complexity index is 914. The lowest BCUT2D eigenvalue weighted by atomic mass is 10.1. The number of halogens is 1. The van der Waals surface area contributed by atoms with E-state index in [0.29, 0.717) is 19.5 Å². The number of nitrogens with one attached hydrogen (secondary N) is 2. The van der Waals surface area contributed by atoms with Crippen LogP contribution in [0.2, 0.25) is 0 Å². The Balaban J connectivity index is 0.00000363. The fourth-order valence-electron chi connectivity index (χ4n) is 3.45. The predicted octanol–water partition coefficient (Wildman–Crippen LogP) is 4.31. The fraction of sp³-hybridized carbons (Fsp3) is 0.360. The number of aliphatic imine (C=N–C) groups is 1. The molecule has 3 rings (SSSR count). The first-order chi connectivity index (χ1) is 15.3. The van der Waals surface area contributed by atoms with E-state index in [0.717, 1.165) is 43.3 Å². The normalized spacial score (nSPS) is 12.1. The van der Waals surface area contributed by atoms with E-state index < -0.39 is 6.10 Å². The molecule has 172 valence electrons. The molecule has 1 heterocycles. The summed E-state index contributed by atoms with van der Waals surface area (Å²) in [5.41, 5.74) is 2.29. The summed E-state index contributed by atoms with van der Waals surface area (Å²) in [5.74, 6) is 1.69. The second-order valence-electron chi connectivity index (χ2n) is 7.46. The van der Waals surface area contributed by atoms with Gasteiger partial charge in [0.25, 0.3) is 0 Å². The van der Waals surface area contributed by atoms with Crippen LogP contribution in [0.3, 0.4) is 0 Å². The van der Waals surface area contributed by atoms with Gasteiger partial charge in [0.2, 0.25) is 0 Å². The van der Waals surface area contributed by atoms with Crippen LogP contribution in [0.15, 0.2) is 78.0 Å². The van der Waals surface area contributed by atoms with Crippen LogP contribution in [-0.2, 0) is 19.5 Å². The standard InChI is InChI=1S/C25H33N5O.HI/c1-2-26-25(28-16-15-23(31)22-13-7-4-8-14-22)29-20-24-27-17-19-30(24)18-9-12-21-10-5-3-6-11-21;/h3-8,10-11,13-14,17,19,23,31H,2,9,12,15-16,18,20H2,1H3,(H2,26,28,29);1H. The molecular weight excluding hydrogens is 513 g/mol. The van der Waals surface area contributed by atoms with E-state index in [2.05, 4.69) is 49.4 Å². The molecule has 0 saturated heterocycles. The van der Waals surface area contributed by atoms with Gasteiger partial charge in [-0.15, -0.1) is 24.0 Å². The fourth-order valence-corrected chi connectivity index (χ4v) is 3.45. The lowest BCUT2D eigenvalue weighted by molar-refractivity contribution is 0.168. The van der Waals surface area contributed by atoms with Crippen molar-refractivity contribution in [2.24, 2.45) is 4.99 Å². The monoisotopic (exact) mass is 547 g/mol. The number of imidazole rings is 1. The molecule has 32 heavy (non-hydrogen) atoms. The zero-order chi connectivity index (χ0) is 21.7. The van der Waals surface area contributed by atoms with Crippen molar-refractivity contribution < 1.29 is 5.11 Å². The van der Waals surface area contributed by atoms with Crippen molar-refractivity contribution in [3.63, 3.8) is 0 Å². The number of guanidine groups is 1. The van der Waals surface area contributed by atoms with Gasteiger partial charge in [-0.05, 0) is 37.3 Å². The molecule has 1 atom stereocenters. The number of aliphatic hydroxyl groups is 1. The molecule has 6 nitrogen and oxygen atoms in total. The maximum absolute atomic E-state index is 10.3. The van der Waals surface area contributed by atoms with E-state index in [1.165, 1.54) is 5.56 Å². The molecule has 3 aromatic rings. The van der Waals surface area contributed by atoms with Gasteiger partial charge >= 0.3 is 0 Å². The molecule has 1 unspecified atom stereocenters. The Labute approximate surface area is 208 Å². The highest BCUT2D eigenvalue weighted by Gasteiger charge is 2.08. The van der Waals surface area contributed by atoms with Gasteiger partial charge in [0.05, 0.1) is 6.10 Å². The average Bonchev–Trinajstić information content (AvgIpc) is 3.26. The van der Waals surface area contributed by atoms with Gasteiger partial charge in [0, 0.05) is 32.0 Å². The van der Waals surface area contributed by atoms with E-state index in [1.807, 2.05) is 55.7 Å². The quantitative estimate of drug-likeness (QED) is 0.190. The Hall–Kier alpha value is -2.39. The maximum atomic E-state index is 10.3. The number of hydrogen-bond donors (Lipinski definition) is 3. The van der Waals surface area contributed by atoms with Crippen LogP contribution < -0.4 is 10.6 Å². The third-order valence-electron chi connectivity index (χ3n) is 5.13.